The number of ketones is 1. The van der Waals surface area contributed by atoms with E-state index in [-0.39, 0.29) is 0 Å². The van der Waals surface area contributed by atoms with E-state index < -0.39 is 48.1 Å². The summed E-state index contributed by atoms with van der Waals surface area (Å²) in [5, 5.41) is 0. The molecule has 6 heteroatoms. The molecule has 3 fully saturated rings. The van der Waals surface area contributed by atoms with Crippen LogP contribution in [0.3, 0.4) is 0 Å². The van der Waals surface area contributed by atoms with E-state index in [4.69, 9.17) is 30.1 Å². The maximum atomic E-state index is 11.9. The summed E-state index contributed by atoms with van der Waals surface area (Å²) in [6.45, 7) is 7.11. The van der Waals surface area contributed by atoms with E-state index in [1.54, 1.807) is 27.7 Å². The SMILES string of the molecule is C#CC(=O)[C@@H]1O[C@H]2OC(C)(C)O[C@@H]2[C@H]2OC(C)(C)O[C@H]21. The zero-order valence-corrected chi connectivity index (χ0v) is 11.9. The van der Waals surface area contributed by atoms with Gasteiger partial charge in [0, 0.05) is 0 Å². The highest BCUT2D eigenvalue weighted by molar-refractivity contribution is 5.99. The molecule has 0 aliphatic carbocycles. The van der Waals surface area contributed by atoms with Crippen LogP contribution in [-0.2, 0) is 28.5 Å². The molecule has 0 aromatic heterocycles. The molecule has 110 valence electrons. The molecule has 3 aliphatic rings. The average Bonchev–Trinajstić information content (AvgIpc) is 2.81. The minimum absolute atomic E-state index is 0.446. The lowest BCUT2D eigenvalue weighted by molar-refractivity contribution is -0.228. The van der Waals surface area contributed by atoms with Crippen LogP contribution < -0.4 is 0 Å². The van der Waals surface area contributed by atoms with Crippen LogP contribution in [-0.4, -0.2) is 48.1 Å². The normalized spacial score (nSPS) is 44.5. The summed E-state index contributed by atoms with van der Waals surface area (Å²) in [6.07, 6.45) is 2.12. The molecule has 0 aromatic rings. The van der Waals surface area contributed by atoms with E-state index in [1.807, 2.05) is 0 Å². The second-order valence-corrected chi connectivity index (χ2v) is 6.10. The van der Waals surface area contributed by atoms with Crippen molar-refractivity contribution in [2.75, 3.05) is 0 Å². The zero-order valence-electron chi connectivity index (χ0n) is 11.9. The van der Waals surface area contributed by atoms with Crippen molar-refractivity contribution in [3.05, 3.63) is 0 Å². The molecule has 0 radical (unpaired) electrons. The van der Waals surface area contributed by atoms with Crippen molar-refractivity contribution in [1.29, 1.82) is 0 Å². The van der Waals surface area contributed by atoms with Crippen LogP contribution in [0.5, 0.6) is 0 Å². The van der Waals surface area contributed by atoms with Gasteiger partial charge in [0.2, 0.25) is 5.78 Å². The molecule has 3 saturated heterocycles. The van der Waals surface area contributed by atoms with Crippen molar-refractivity contribution in [1.82, 2.24) is 0 Å². The topological polar surface area (TPSA) is 63.2 Å². The fourth-order valence-electron chi connectivity index (χ4n) is 2.91. The molecule has 3 heterocycles. The number of fused-ring (bicyclic) bond motifs is 3. The fraction of sp³-hybridized carbons (Fsp3) is 0.786. The van der Waals surface area contributed by atoms with Gasteiger partial charge in [-0.25, -0.2) is 0 Å². The van der Waals surface area contributed by atoms with Crippen molar-refractivity contribution in [2.45, 2.75) is 70.0 Å². The molecule has 3 aliphatic heterocycles. The first-order chi connectivity index (χ1) is 9.22. The second-order valence-electron chi connectivity index (χ2n) is 6.10. The van der Waals surface area contributed by atoms with Crippen LogP contribution >= 0.6 is 0 Å². The molecule has 3 rings (SSSR count). The van der Waals surface area contributed by atoms with Gasteiger partial charge in [0.15, 0.2) is 24.0 Å². The molecule has 0 amide bonds. The standard InChI is InChI=1S/C14H18O6/c1-6-7(15)8-9-10(18-13(2,3)17-9)11-12(16-8)20-14(4,5)19-11/h1,8-12H,2-5H3/t8-,9-,10-,11+,12-/m0/s1. The van der Waals surface area contributed by atoms with E-state index in [0.717, 1.165) is 0 Å². The molecule has 0 unspecified atom stereocenters. The average molecular weight is 282 g/mol. The lowest BCUT2D eigenvalue weighted by Crippen LogP contribution is -2.57. The number of terminal acetylenes is 1. The number of hydrogen-bond acceptors (Lipinski definition) is 6. The Bertz CT molecular complexity index is 477. The summed E-state index contributed by atoms with van der Waals surface area (Å²) in [5.41, 5.74) is 0. The van der Waals surface area contributed by atoms with E-state index in [2.05, 4.69) is 5.92 Å². The van der Waals surface area contributed by atoms with Crippen molar-refractivity contribution in [3.8, 4) is 12.3 Å². The van der Waals surface area contributed by atoms with Gasteiger partial charge in [-0.1, -0.05) is 0 Å². The molecule has 0 spiro atoms. The molecule has 20 heavy (non-hydrogen) atoms. The highest BCUT2D eigenvalue weighted by Crippen LogP contribution is 2.44. The van der Waals surface area contributed by atoms with Gasteiger partial charge in [-0.2, -0.15) is 0 Å². The molecule has 5 atom stereocenters. The minimum Gasteiger partial charge on any atom is -0.342 e. The Morgan fingerprint density at radius 2 is 1.50 bits per heavy atom. The van der Waals surface area contributed by atoms with Crippen molar-refractivity contribution < 1.29 is 28.5 Å². The molecule has 0 aromatic carbocycles. The molecule has 0 N–H and O–H groups in total. The largest absolute Gasteiger partial charge is 0.342 e. The highest BCUT2D eigenvalue weighted by atomic mass is 16.9. The minimum atomic E-state index is -0.898. The third-order valence-corrected chi connectivity index (χ3v) is 3.56. The summed E-state index contributed by atoms with van der Waals surface area (Å²) in [5.74, 6) is -0.0234. The van der Waals surface area contributed by atoms with Gasteiger partial charge < -0.3 is 23.7 Å². The Labute approximate surface area is 117 Å². The first kappa shape index (κ1) is 14.0. The smallest absolute Gasteiger partial charge is 0.236 e. The van der Waals surface area contributed by atoms with Crippen molar-refractivity contribution in [3.63, 3.8) is 0 Å². The van der Waals surface area contributed by atoms with Crippen LogP contribution in [0.25, 0.3) is 0 Å². The van der Waals surface area contributed by atoms with Crippen LogP contribution in [0.2, 0.25) is 0 Å². The lowest BCUT2D eigenvalue weighted by atomic mass is 9.96. The monoisotopic (exact) mass is 282 g/mol. The molecular formula is C14H18O6. The van der Waals surface area contributed by atoms with E-state index >= 15 is 0 Å². The van der Waals surface area contributed by atoms with Crippen LogP contribution in [0.1, 0.15) is 27.7 Å². The maximum absolute atomic E-state index is 11.9. The van der Waals surface area contributed by atoms with Crippen LogP contribution in [0.4, 0.5) is 0 Å². The van der Waals surface area contributed by atoms with Gasteiger partial charge in [0.05, 0.1) is 0 Å². The lowest BCUT2D eigenvalue weighted by Gasteiger charge is -2.35. The van der Waals surface area contributed by atoms with E-state index in [1.165, 1.54) is 0 Å². The zero-order chi connectivity index (χ0) is 14.7. The summed E-state index contributed by atoms with van der Waals surface area (Å²) in [7, 11) is 0. The van der Waals surface area contributed by atoms with E-state index in [0.29, 0.717) is 0 Å². The van der Waals surface area contributed by atoms with Gasteiger partial charge >= 0.3 is 0 Å². The summed E-state index contributed by atoms with van der Waals surface area (Å²) in [6, 6.07) is 0. The van der Waals surface area contributed by atoms with Crippen LogP contribution in [0, 0.1) is 12.3 Å². The summed E-state index contributed by atoms with van der Waals surface area (Å²) < 4.78 is 28.7. The maximum Gasteiger partial charge on any atom is 0.236 e. The Morgan fingerprint density at radius 3 is 2.15 bits per heavy atom. The number of carbonyl (C=O) groups excluding carboxylic acids is 1. The Morgan fingerprint density at radius 1 is 0.950 bits per heavy atom. The van der Waals surface area contributed by atoms with Gasteiger partial charge in [0.1, 0.15) is 18.3 Å². The number of rotatable bonds is 1. The number of Topliss-reactive ketones (excluding diaryl/α,β-unsaturated/α-hetero) is 1. The Hall–Kier alpha value is -0.970. The van der Waals surface area contributed by atoms with Crippen LogP contribution in [0.15, 0.2) is 0 Å². The van der Waals surface area contributed by atoms with E-state index in [9.17, 15) is 4.79 Å². The predicted octanol–water partition coefficient (Wildman–Crippen LogP) is 0.585. The second kappa shape index (κ2) is 4.26. The summed E-state index contributed by atoms with van der Waals surface area (Å²) >= 11 is 0. The quantitative estimate of drug-likeness (QED) is 0.518. The number of ether oxygens (including phenoxy) is 5. The Balaban J connectivity index is 1.92. The van der Waals surface area contributed by atoms with Gasteiger partial charge in [-0.3, -0.25) is 4.79 Å². The fourth-order valence-corrected chi connectivity index (χ4v) is 2.91. The first-order valence-corrected chi connectivity index (χ1v) is 6.60. The third kappa shape index (κ3) is 2.16. The third-order valence-electron chi connectivity index (χ3n) is 3.56. The Kier molecular flexibility index (Phi) is 2.98. The molecule has 0 bridgehead atoms. The predicted molar refractivity (Wildman–Crippen MR) is 66.4 cm³/mol. The first-order valence-electron chi connectivity index (χ1n) is 6.60. The van der Waals surface area contributed by atoms with Crippen molar-refractivity contribution >= 4 is 5.78 Å². The number of carbonyl (C=O) groups is 1. The molecule has 0 saturated carbocycles. The van der Waals surface area contributed by atoms with Gasteiger partial charge in [0.25, 0.3) is 0 Å². The summed E-state index contributed by atoms with van der Waals surface area (Å²) in [4.78, 5) is 11.9. The molecular weight excluding hydrogens is 264 g/mol. The van der Waals surface area contributed by atoms with Crippen molar-refractivity contribution in [2.24, 2.45) is 0 Å². The van der Waals surface area contributed by atoms with Gasteiger partial charge in [-0.05, 0) is 33.6 Å². The number of hydrogen-bond donors (Lipinski definition) is 0. The van der Waals surface area contributed by atoms with Gasteiger partial charge in [-0.15, -0.1) is 6.42 Å². The highest BCUT2D eigenvalue weighted by Gasteiger charge is 2.61. The molecule has 6 nitrogen and oxygen atoms in total.